The molecule has 0 saturated heterocycles. The lowest BCUT2D eigenvalue weighted by atomic mass is 10.1. The predicted octanol–water partition coefficient (Wildman–Crippen LogP) is 4.08. The minimum atomic E-state index is -0.576. The van der Waals surface area contributed by atoms with Crippen molar-refractivity contribution >= 4 is 41.6 Å². The van der Waals surface area contributed by atoms with E-state index in [2.05, 4.69) is 18.7 Å². The van der Waals surface area contributed by atoms with E-state index in [-0.39, 0.29) is 18.4 Å². The van der Waals surface area contributed by atoms with Crippen LogP contribution in [0.4, 0.5) is 0 Å². The molecule has 0 aliphatic carbocycles. The number of likely N-dealkylation sites (N-methyl/N-ethyl adjacent to an activating group) is 1. The van der Waals surface area contributed by atoms with Gasteiger partial charge in [0.15, 0.2) is 0 Å². The van der Waals surface area contributed by atoms with Crippen LogP contribution in [0.15, 0.2) is 24.3 Å². The van der Waals surface area contributed by atoms with E-state index in [1.807, 2.05) is 0 Å². The van der Waals surface area contributed by atoms with Crippen molar-refractivity contribution in [3.63, 3.8) is 0 Å². The third-order valence-electron chi connectivity index (χ3n) is 2.93. The molecule has 20 heavy (non-hydrogen) atoms. The number of alkyl halides is 2. The van der Waals surface area contributed by atoms with Crippen molar-refractivity contribution in [1.82, 2.24) is 4.90 Å². The molecule has 0 heterocycles. The molecule has 0 fully saturated rings. The Bertz CT molecular complexity index is 392. The van der Waals surface area contributed by atoms with E-state index in [1.54, 1.807) is 24.3 Å². The Balaban J connectivity index is 0.00000361. The zero-order chi connectivity index (χ0) is 14.3. The lowest BCUT2D eigenvalue weighted by molar-refractivity contribution is 0.0466. The smallest absolute Gasteiger partial charge is 0.338 e. The summed E-state index contributed by atoms with van der Waals surface area (Å²) in [5.74, 6) is -0.320. The normalized spacial score (nSPS) is 10.5. The van der Waals surface area contributed by atoms with Crippen LogP contribution in [0, 0.1) is 0 Å². The van der Waals surface area contributed by atoms with Gasteiger partial charge in [0.25, 0.3) is 0 Å². The lowest BCUT2D eigenvalue weighted by Crippen LogP contribution is -2.27. The zero-order valence-corrected chi connectivity index (χ0v) is 14.0. The molecule has 1 rings (SSSR count). The Kier molecular flexibility index (Phi) is 10.0. The van der Waals surface area contributed by atoms with Gasteiger partial charge in [0.2, 0.25) is 0 Å². The predicted molar refractivity (Wildman–Crippen MR) is 86.2 cm³/mol. The second-order valence-electron chi connectivity index (χ2n) is 4.09. The van der Waals surface area contributed by atoms with Crippen LogP contribution in [0.1, 0.15) is 34.6 Å². The van der Waals surface area contributed by atoms with E-state index in [4.69, 9.17) is 27.9 Å². The second-order valence-corrected chi connectivity index (χ2v) is 5.18. The summed E-state index contributed by atoms with van der Waals surface area (Å²) in [6.45, 7) is 7.22. The maximum atomic E-state index is 11.8. The van der Waals surface area contributed by atoms with E-state index in [0.717, 1.165) is 25.2 Å². The highest BCUT2D eigenvalue weighted by molar-refractivity contribution is 6.44. The molecule has 0 aliphatic heterocycles. The molecule has 6 heteroatoms. The van der Waals surface area contributed by atoms with E-state index < -0.39 is 4.84 Å². The van der Waals surface area contributed by atoms with Gasteiger partial charge in [0, 0.05) is 6.54 Å². The highest BCUT2D eigenvalue weighted by Crippen LogP contribution is 2.24. The fourth-order valence-electron chi connectivity index (χ4n) is 1.66. The Morgan fingerprint density at radius 3 is 2.20 bits per heavy atom. The summed E-state index contributed by atoms with van der Waals surface area (Å²) in [6.07, 6.45) is 0. The number of hydrogen-bond donors (Lipinski definition) is 0. The minimum absolute atomic E-state index is 0. The molecule has 0 amide bonds. The molecule has 0 aromatic heterocycles. The van der Waals surface area contributed by atoms with Crippen molar-refractivity contribution in [3.05, 3.63) is 35.4 Å². The first kappa shape index (κ1) is 19.5. The third-order valence-corrected chi connectivity index (χ3v) is 3.44. The van der Waals surface area contributed by atoms with Crippen LogP contribution in [0.5, 0.6) is 0 Å². The van der Waals surface area contributed by atoms with Gasteiger partial charge < -0.3 is 9.64 Å². The topological polar surface area (TPSA) is 29.5 Å². The van der Waals surface area contributed by atoms with Gasteiger partial charge in [-0.3, -0.25) is 0 Å². The molecule has 0 bridgehead atoms. The summed E-state index contributed by atoms with van der Waals surface area (Å²) in [7, 11) is 0. The quantitative estimate of drug-likeness (QED) is 0.553. The molecule has 0 unspecified atom stereocenters. The van der Waals surface area contributed by atoms with E-state index >= 15 is 0 Å². The molecule has 0 atom stereocenters. The summed E-state index contributed by atoms with van der Waals surface area (Å²) in [4.78, 5) is 13.4. The first-order valence-electron chi connectivity index (χ1n) is 6.36. The van der Waals surface area contributed by atoms with Crippen molar-refractivity contribution in [1.29, 1.82) is 0 Å². The van der Waals surface area contributed by atoms with Crippen molar-refractivity contribution in [2.45, 2.75) is 18.7 Å². The maximum absolute atomic E-state index is 11.8. The van der Waals surface area contributed by atoms with Crippen molar-refractivity contribution < 1.29 is 9.53 Å². The third kappa shape index (κ3) is 6.31. The van der Waals surface area contributed by atoms with Gasteiger partial charge in [0.05, 0.1) is 5.56 Å². The molecule has 0 saturated carbocycles. The molecule has 0 radical (unpaired) electrons. The molecule has 1 aromatic rings. The number of carbonyl (C=O) groups is 1. The van der Waals surface area contributed by atoms with Crippen LogP contribution in [0.2, 0.25) is 0 Å². The highest BCUT2D eigenvalue weighted by atomic mass is 35.5. The van der Waals surface area contributed by atoms with Gasteiger partial charge in [0.1, 0.15) is 11.4 Å². The summed E-state index contributed by atoms with van der Waals surface area (Å²) in [5, 5.41) is 0. The molecular formula is C14H20Cl3NO2. The Hall–Kier alpha value is -0.480. The van der Waals surface area contributed by atoms with Crippen LogP contribution >= 0.6 is 35.6 Å². The van der Waals surface area contributed by atoms with E-state index in [0.29, 0.717) is 12.2 Å². The second kappa shape index (κ2) is 10.3. The molecule has 3 nitrogen and oxygen atoms in total. The summed E-state index contributed by atoms with van der Waals surface area (Å²) in [5.41, 5.74) is 1.28. The standard InChI is InChI=1S/C14H19Cl2NO2.ClH/c1-3-17(4-2)9-10-19-14(18)12-7-5-11(6-8-12)13(15)16;/h5-8,13H,3-4,9-10H2,1-2H3;1H. The number of esters is 1. The molecule has 0 aliphatic rings. The fourth-order valence-corrected chi connectivity index (χ4v) is 1.95. The summed E-state index contributed by atoms with van der Waals surface area (Å²) >= 11 is 11.5. The van der Waals surface area contributed by atoms with Crippen molar-refractivity contribution in [3.8, 4) is 0 Å². The van der Waals surface area contributed by atoms with Crippen LogP contribution in [-0.2, 0) is 4.74 Å². The first-order valence-corrected chi connectivity index (χ1v) is 7.23. The van der Waals surface area contributed by atoms with Crippen LogP contribution in [-0.4, -0.2) is 37.1 Å². The summed E-state index contributed by atoms with van der Waals surface area (Å²) in [6, 6.07) is 6.80. The SMILES string of the molecule is CCN(CC)CCOC(=O)c1ccc(C(Cl)Cl)cc1.Cl. The van der Waals surface area contributed by atoms with Gasteiger partial charge in [-0.15, -0.1) is 35.6 Å². The number of nitrogens with zero attached hydrogens (tertiary/aromatic N) is 1. The lowest BCUT2D eigenvalue weighted by Gasteiger charge is -2.17. The van der Waals surface area contributed by atoms with Gasteiger partial charge in [-0.1, -0.05) is 26.0 Å². The number of halogens is 3. The zero-order valence-electron chi connectivity index (χ0n) is 11.6. The number of hydrogen-bond acceptors (Lipinski definition) is 3. The monoisotopic (exact) mass is 339 g/mol. The number of benzene rings is 1. The molecular weight excluding hydrogens is 321 g/mol. The van der Waals surface area contributed by atoms with Gasteiger partial charge in [-0.25, -0.2) is 4.79 Å². The molecule has 114 valence electrons. The van der Waals surface area contributed by atoms with Crippen LogP contribution in [0.25, 0.3) is 0 Å². The molecule has 1 aromatic carbocycles. The minimum Gasteiger partial charge on any atom is -0.461 e. The van der Waals surface area contributed by atoms with Crippen LogP contribution < -0.4 is 0 Å². The Morgan fingerprint density at radius 2 is 1.75 bits per heavy atom. The fraction of sp³-hybridized carbons (Fsp3) is 0.500. The van der Waals surface area contributed by atoms with E-state index in [9.17, 15) is 4.79 Å². The average molecular weight is 341 g/mol. The average Bonchev–Trinajstić information content (AvgIpc) is 2.43. The van der Waals surface area contributed by atoms with E-state index in [1.165, 1.54) is 0 Å². The largest absolute Gasteiger partial charge is 0.461 e. The van der Waals surface area contributed by atoms with Crippen molar-refractivity contribution in [2.24, 2.45) is 0 Å². The first-order chi connectivity index (χ1) is 9.08. The van der Waals surface area contributed by atoms with Gasteiger partial charge in [-0.2, -0.15) is 0 Å². The molecule has 0 spiro atoms. The summed E-state index contributed by atoms with van der Waals surface area (Å²) < 4.78 is 5.22. The number of rotatable bonds is 7. The molecule has 0 N–H and O–H groups in total. The van der Waals surface area contributed by atoms with Gasteiger partial charge in [-0.05, 0) is 30.8 Å². The van der Waals surface area contributed by atoms with Gasteiger partial charge >= 0.3 is 5.97 Å². The Labute approximate surface area is 136 Å². The van der Waals surface area contributed by atoms with Crippen molar-refractivity contribution in [2.75, 3.05) is 26.2 Å². The van der Waals surface area contributed by atoms with Crippen LogP contribution in [0.3, 0.4) is 0 Å². The maximum Gasteiger partial charge on any atom is 0.338 e. The Morgan fingerprint density at radius 1 is 1.20 bits per heavy atom. The highest BCUT2D eigenvalue weighted by Gasteiger charge is 2.09. The number of ether oxygens (including phenoxy) is 1. The number of carbonyl (C=O) groups excluding carboxylic acids is 1.